The zero-order chi connectivity index (χ0) is 13.0. The van der Waals surface area contributed by atoms with Gasteiger partial charge in [-0.05, 0) is 23.6 Å². The summed E-state index contributed by atoms with van der Waals surface area (Å²) >= 11 is 0. The molecular formula is C14H21N3O. The van der Waals surface area contributed by atoms with Crippen molar-refractivity contribution >= 4 is 11.6 Å². The number of hydrogen-bond donors (Lipinski definition) is 3. The summed E-state index contributed by atoms with van der Waals surface area (Å²) in [6, 6.07) is 7.91. The predicted molar refractivity (Wildman–Crippen MR) is 73.8 cm³/mol. The van der Waals surface area contributed by atoms with Gasteiger partial charge in [-0.1, -0.05) is 26.0 Å². The predicted octanol–water partition coefficient (Wildman–Crippen LogP) is 1.31. The second-order valence-electron chi connectivity index (χ2n) is 4.98. The van der Waals surface area contributed by atoms with Gasteiger partial charge in [-0.15, -0.1) is 0 Å². The summed E-state index contributed by atoms with van der Waals surface area (Å²) in [5.74, 6) is 0.540. The SMILES string of the molecule is CC(C)c1ccc(NC(=O)C2CNCCN2)cc1. The number of carbonyl (C=O) groups excluding carboxylic acids is 1. The largest absolute Gasteiger partial charge is 0.325 e. The number of hydrogen-bond acceptors (Lipinski definition) is 3. The number of benzene rings is 1. The Morgan fingerprint density at radius 1 is 1.28 bits per heavy atom. The lowest BCUT2D eigenvalue weighted by Crippen LogP contribution is -2.54. The number of rotatable bonds is 3. The van der Waals surface area contributed by atoms with E-state index in [1.165, 1.54) is 5.56 Å². The van der Waals surface area contributed by atoms with Crippen LogP contribution in [0.2, 0.25) is 0 Å². The van der Waals surface area contributed by atoms with Crippen LogP contribution in [-0.2, 0) is 4.79 Å². The fourth-order valence-electron chi connectivity index (χ4n) is 2.02. The van der Waals surface area contributed by atoms with Gasteiger partial charge >= 0.3 is 0 Å². The fourth-order valence-corrected chi connectivity index (χ4v) is 2.02. The van der Waals surface area contributed by atoms with Crippen molar-refractivity contribution in [3.8, 4) is 0 Å². The maximum absolute atomic E-state index is 12.0. The smallest absolute Gasteiger partial charge is 0.242 e. The molecule has 18 heavy (non-hydrogen) atoms. The van der Waals surface area contributed by atoms with E-state index in [0.29, 0.717) is 12.5 Å². The van der Waals surface area contributed by atoms with Gasteiger partial charge in [-0.2, -0.15) is 0 Å². The quantitative estimate of drug-likeness (QED) is 0.755. The van der Waals surface area contributed by atoms with E-state index in [2.05, 4.69) is 41.9 Å². The van der Waals surface area contributed by atoms with Crippen molar-refractivity contribution in [2.75, 3.05) is 25.0 Å². The first kappa shape index (κ1) is 13.1. The molecule has 1 aliphatic rings. The molecule has 1 aromatic rings. The van der Waals surface area contributed by atoms with Crippen molar-refractivity contribution in [2.24, 2.45) is 0 Å². The fraction of sp³-hybridized carbons (Fsp3) is 0.500. The zero-order valence-electron chi connectivity index (χ0n) is 11.0. The molecule has 0 spiro atoms. The van der Waals surface area contributed by atoms with Crippen molar-refractivity contribution in [2.45, 2.75) is 25.8 Å². The van der Waals surface area contributed by atoms with Crippen LogP contribution in [0.1, 0.15) is 25.3 Å². The molecule has 2 rings (SSSR count). The summed E-state index contributed by atoms with van der Waals surface area (Å²) in [5.41, 5.74) is 2.14. The first-order valence-corrected chi connectivity index (χ1v) is 6.52. The van der Waals surface area contributed by atoms with Gasteiger partial charge in [0.15, 0.2) is 0 Å². The molecule has 1 amide bonds. The third-order valence-corrected chi connectivity index (χ3v) is 3.20. The topological polar surface area (TPSA) is 53.2 Å². The maximum atomic E-state index is 12.0. The molecule has 1 aliphatic heterocycles. The molecule has 0 aromatic heterocycles. The Labute approximate surface area is 108 Å². The number of nitrogens with one attached hydrogen (secondary N) is 3. The molecule has 1 aromatic carbocycles. The number of carbonyl (C=O) groups is 1. The maximum Gasteiger partial charge on any atom is 0.242 e. The second-order valence-corrected chi connectivity index (χ2v) is 4.98. The Morgan fingerprint density at radius 3 is 2.56 bits per heavy atom. The minimum Gasteiger partial charge on any atom is -0.325 e. The van der Waals surface area contributed by atoms with Gasteiger partial charge in [0, 0.05) is 25.3 Å². The third kappa shape index (κ3) is 3.31. The molecule has 0 radical (unpaired) electrons. The van der Waals surface area contributed by atoms with Crippen LogP contribution in [-0.4, -0.2) is 31.6 Å². The third-order valence-electron chi connectivity index (χ3n) is 3.20. The highest BCUT2D eigenvalue weighted by molar-refractivity contribution is 5.95. The molecule has 1 saturated heterocycles. The molecule has 98 valence electrons. The van der Waals surface area contributed by atoms with Crippen molar-refractivity contribution < 1.29 is 4.79 Å². The lowest BCUT2D eigenvalue weighted by molar-refractivity contribution is -0.118. The van der Waals surface area contributed by atoms with Crippen LogP contribution in [0.25, 0.3) is 0 Å². The lowest BCUT2D eigenvalue weighted by atomic mass is 10.0. The van der Waals surface area contributed by atoms with Gasteiger partial charge in [0.25, 0.3) is 0 Å². The standard InChI is InChI=1S/C14H21N3O/c1-10(2)11-3-5-12(6-4-11)17-14(18)13-9-15-7-8-16-13/h3-6,10,13,15-16H,7-9H2,1-2H3,(H,17,18). The number of anilines is 1. The van der Waals surface area contributed by atoms with E-state index in [4.69, 9.17) is 0 Å². The van der Waals surface area contributed by atoms with Crippen LogP contribution in [0.3, 0.4) is 0 Å². The number of piperazine rings is 1. The average molecular weight is 247 g/mol. The molecule has 3 N–H and O–H groups in total. The van der Waals surface area contributed by atoms with Crippen molar-refractivity contribution in [1.82, 2.24) is 10.6 Å². The number of amides is 1. The normalized spacial score (nSPS) is 19.8. The Balaban J connectivity index is 1.94. The van der Waals surface area contributed by atoms with Crippen molar-refractivity contribution in [3.05, 3.63) is 29.8 Å². The molecule has 0 aliphatic carbocycles. The monoisotopic (exact) mass is 247 g/mol. The van der Waals surface area contributed by atoms with E-state index in [9.17, 15) is 4.79 Å². The lowest BCUT2D eigenvalue weighted by Gasteiger charge is -2.23. The van der Waals surface area contributed by atoms with E-state index < -0.39 is 0 Å². The summed E-state index contributed by atoms with van der Waals surface area (Å²) in [6.45, 7) is 6.77. The van der Waals surface area contributed by atoms with E-state index in [1.807, 2.05) is 12.1 Å². The molecule has 4 heteroatoms. The average Bonchev–Trinajstić information content (AvgIpc) is 2.40. The van der Waals surface area contributed by atoms with E-state index in [0.717, 1.165) is 18.8 Å². The van der Waals surface area contributed by atoms with Crippen LogP contribution in [0.15, 0.2) is 24.3 Å². The Hall–Kier alpha value is -1.39. The van der Waals surface area contributed by atoms with Gasteiger partial charge < -0.3 is 16.0 Å². The minimum atomic E-state index is -0.136. The van der Waals surface area contributed by atoms with Gasteiger partial charge in [0.2, 0.25) is 5.91 Å². The molecule has 1 heterocycles. The molecule has 4 nitrogen and oxygen atoms in total. The van der Waals surface area contributed by atoms with Crippen LogP contribution >= 0.6 is 0 Å². The van der Waals surface area contributed by atoms with Crippen LogP contribution in [0, 0.1) is 0 Å². The van der Waals surface area contributed by atoms with Crippen LogP contribution in [0.4, 0.5) is 5.69 Å². The van der Waals surface area contributed by atoms with Gasteiger partial charge in [0.1, 0.15) is 0 Å². The van der Waals surface area contributed by atoms with E-state index >= 15 is 0 Å². The second kappa shape index (κ2) is 5.98. The van der Waals surface area contributed by atoms with Crippen LogP contribution < -0.4 is 16.0 Å². The summed E-state index contributed by atoms with van der Waals surface area (Å²) in [5, 5.41) is 9.33. The molecular weight excluding hydrogens is 226 g/mol. The van der Waals surface area contributed by atoms with Crippen molar-refractivity contribution in [1.29, 1.82) is 0 Å². The molecule has 0 saturated carbocycles. The highest BCUT2D eigenvalue weighted by atomic mass is 16.2. The molecule has 1 atom stereocenters. The summed E-state index contributed by atoms with van der Waals surface area (Å²) in [6.07, 6.45) is 0. The Kier molecular flexibility index (Phi) is 4.33. The molecule has 1 unspecified atom stereocenters. The van der Waals surface area contributed by atoms with Gasteiger partial charge in [0.05, 0.1) is 6.04 Å². The molecule has 0 bridgehead atoms. The zero-order valence-corrected chi connectivity index (χ0v) is 11.0. The Bertz CT molecular complexity index is 394. The molecule has 1 fully saturated rings. The van der Waals surface area contributed by atoms with E-state index in [-0.39, 0.29) is 11.9 Å². The highest BCUT2D eigenvalue weighted by Gasteiger charge is 2.19. The summed E-state index contributed by atoms with van der Waals surface area (Å²) in [4.78, 5) is 12.0. The van der Waals surface area contributed by atoms with Crippen LogP contribution in [0.5, 0.6) is 0 Å². The van der Waals surface area contributed by atoms with Crippen molar-refractivity contribution in [3.63, 3.8) is 0 Å². The highest BCUT2D eigenvalue weighted by Crippen LogP contribution is 2.17. The van der Waals surface area contributed by atoms with Gasteiger partial charge in [-0.3, -0.25) is 4.79 Å². The first-order valence-electron chi connectivity index (χ1n) is 6.52. The Morgan fingerprint density at radius 2 is 2.00 bits per heavy atom. The van der Waals surface area contributed by atoms with Gasteiger partial charge in [-0.25, -0.2) is 0 Å². The first-order chi connectivity index (χ1) is 8.66. The summed E-state index contributed by atoms with van der Waals surface area (Å²) < 4.78 is 0. The van der Waals surface area contributed by atoms with E-state index in [1.54, 1.807) is 0 Å². The summed E-state index contributed by atoms with van der Waals surface area (Å²) in [7, 11) is 0. The minimum absolute atomic E-state index is 0.0273.